The largest absolute Gasteiger partial charge is 0.378 e. The van der Waals surface area contributed by atoms with Crippen molar-refractivity contribution < 1.29 is 9.42 Å². The van der Waals surface area contributed by atoms with Crippen molar-refractivity contribution in [2.75, 3.05) is 5.73 Å². The molecule has 0 aliphatic rings. The molecule has 2 aromatic heterocycles. The summed E-state index contributed by atoms with van der Waals surface area (Å²) in [4.78, 5) is 12.4. The van der Waals surface area contributed by atoms with E-state index in [0.29, 0.717) is 17.3 Å². The monoisotopic (exact) mass is 382 g/mol. The second-order valence-electron chi connectivity index (χ2n) is 6.84. The summed E-state index contributed by atoms with van der Waals surface area (Å²) in [5, 5.41) is 19.0. The number of nitrogens with one attached hydrogen (secondary N) is 1. The summed E-state index contributed by atoms with van der Waals surface area (Å²) in [7, 11) is 0. The summed E-state index contributed by atoms with van der Waals surface area (Å²) in [6, 6.07) is 8.12. The Hall–Kier alpha value is -3.56. The maximum Gasteiger partial charge on any atom is 0.293 e. The molecule has 0 atom stereocenters. The number of amides is 1. The van der Waals surface area contributed by atoms with E-state index in [1.54, 1.807) is 6.92 Å². The Labute approximate surface area is 161 Å². The standard InChI is InChI=1S/C18H22N8O2/c1-10(2)9-13-5-7-14(8-6-13)11(3)20-22-18(27)15-12(4)26(25-21-15)17-16(19)23-28-24-17/h5-8,10H,9H2,1-4H3,(H2,19,23)(H,22,27)/b20-11+. The first-order valence-electron chi connectivity index (χ1n) is 8.81. The van der Waals surface area contributed by atoms with Gasteiger partial charge in [0.15, 0.2) is 5.69 Å². The number of anilines is 1. The van der Waals surface area contributed by atoms with E-state index in [1.165, 1.54) is 10.2 Å². The minimum Gasteiger partial charge on any atom is -0.378 e. The Bertz CT molecular complexity index is 1000. The quantitative estimate of drug-likeness (QED) is 0.490. The van der Waals surface area contributed by atoms with Gasteiger partial charge in [0, 0.05) is 0 Å². The van der Waals surface area contributed by atoms with E-state index in [1.807, 2.05) is 19.1 Å². The second kappa shape index (κ2) is 7.99. The Morgan fingerprint density at radius 3 is 2.61 bits per heavy atom. The van der Waals surface area contributed by atoms with E-state index < -0.39 is 5.91 Å². The van der Waals surface area contributed by atoms with Gasteiger partial charge in [0.1, 0.15) is 0 Å². The normalized spacial score (nSPS) is 11.8. The maximum absolute atomic E-state index is 12.4. The number of nitrogen functional groups attached to an aromatic ring is 1. The molecule has 0 aliphatic heterocycles. The lowest BCUT2D eigenvalue weighted by atomic mass is 10.0. The van der Waals surface area contributed by atoms with Crippen LogP contribution in [0.4, 0.5) is 5.82 Å². The molecule has 2 heterocycles. The SMILES string of the molecule is C/C(=N\NC(=O)c1nnn(-c2nonc2N)c1C)c1ccc(CC(C)C)cc1. The lowest BCUT2D eigenvalue weighted by Gasteiger charge is -2.06. The average Bonchev–Trinajstić information content (AvgIpc) is 3.24. The average molecular weight is 382 g/mol. The van der Waals surface area contributed by atoms with E-state index in [2.05, 4.69) is 61.8 Å². The molecule has 0 spiro atoms. The first-order valence-corrected chi connectivity index (χ1v) is 8.81. The first-order chi connectivity index (χ1) is 13.4. The van der Waals surface area contributed by atoms with E-state index in [4.69, 9.17) is 5.73 Å². The topological polar surface area (TPSA) is 137 Å². The van der Waals surface area contributed by atoms with Crippen LogP contribution in [0.3, 0.4) is 0 Å². The van der Waals surface area contributed by atoms with Crippen LogP contribution in [0, 0.1) is 12.8 Å². The van der Waals surface area contributed by atoms with Gasteiger partial charge in [-0.15, -0.1) is 5.10 Å². The number of nitrogens with zero attached hydrogens (tertiary/aromatic N) is 6. The predicted molar refractivity (Wildman–Crippen MR) is 103 cm³/mol. The summed E-state index contributed by atoms with van der Waals surface area (Å²) in [5.41, 5.74) is 11.6. The van der Waals surface area contributed by atoms with Gasteiger partial charge in [-0.05, 0) is 47.6 Å². The van der Waals surface area contributed by atoms with Crippen LogP contribution >= 0.6 is 0 Å². The summed E-state index contributed by atoms with van der Waals surface area (Å²) in [5.74, 6) is 0.328. The van der Waals surface area contributed by atoms with Crippen LogP contribution in [0.2, 0.25) is 0 Å². The van der Waals surface area contributed by atoms with Crippen LogP contribution in [0.25, 0.3) is 5.82 Å². The fourth-order valence-corrected chi connectivity index (χ4v) is 2.68. The lowest BCUT2D eigenvalue weighted by molar-refractivity contribution is 0.0949. The molecule has 3 N–H and O–H groups in total. The van der Waals surface area contributed by atoms with E-state index in [0.717, 1.165) is 12.0 Å². The molecule has 0 aliphatic carbocycles. The Morgan fingerprint density at radius 1 is 1.29 bits per heavy atom. The van der Waals surface area contributed by atoms with Crippen LogP contribution in [0.1, 0.15) is 48.1 Å². The molecule has 0 fully saturated rings. The highest BCUT2D eigenvalue weighted by Crippen LogP contribution is 2.14. The molecule has 10 nitrogen and oxygen atoms in total. The highest BCUT2D eigenvalue weighted by molar-refractivity contribution is 6.00. The number of carbonyl (C=O) groups excluding carboxylic acids is 1. The number of hydrogen-bond acceptors (Lipinski definition) is 8. The third-order valence-electron chi connectivity index (χ3n) is 4.15. The van der Waals surface area contributed by atoms with Crippen LogP contribution in [0.5, 0.6) is 0 Å². The molecule has 28 heavy (non-hydrogen) atoms. The van der Waals surface area contributed by atoms with Gasteiger partial charge in [-0.1, -0.05) is 43.3 Å². The zero-order valence-corrected chi connectivity index (χ0v) is 16.2. The van der Waals surface area contributed by atoms with Gasteiger partial charge in [0.25, 0.3) is 5.91 Å². The third-order valence-corrected chi connectivity index (χ3v) is 4.15. The number of nitrogens with two attached hydrogens (primary N) is 1. The number of hydrazone groups is 1. The maximum atomic E-state index is 12.4. The lowest BCUT2D eigenvalue weighted by Crippen LogP contribution is -2.21. The van der Waals surface area contributed by atoms with Crippen LogP contribution in [-0.4, -0.2) is 36.9 Å². The summed E-state index contributed by atoms with van der Waals surface area (Å²) < 4.78 is 5.83. The molecule has 1 aromatic carbocycles. The zero-order chi connectivity index (χ0) is 20.3. The second-order valence-corrected chi connectivity index (χ2v) is 6.84. The zero-order valence-electron chi connectivity index (χ0n) is 16.2. The molecular weight excluding hydrogens is 360 g/mol. The molecule has 0 bridgehead atoms. The van der Waals surface area contributed by atoms with Gasteiger partial charge in [-0.25, -0.2) is 10.1 Å². The summed E-state index contributed by atoms with van der Waals surface area (Å²) >= 11 is 0. The Morgan fingerprint density at radius 2 is 2.00 bits per heavy atom. The van der Waals surface area contributed by atoms with Crippen molar-refractivity contribution in [1.29, 1.82) is 0 Å². The van der Waals surface area contributed by atoms with Crippen LogP contribution in [0.15, 0.2) is 34.0 Å². The number of aromatic nitrogens is 5. The highest BCUT2D eigenvalue weighted by Gasteiger charge is 2.20. The molecule has 3 rings (SSSR count). The van der Waals surface area contributed by atoms with E-state index in [9.17, 15) is 4.79 Å². The molecule has 0 saturated carbocycles. The molecule has 3 aromatic rings. The predicted octanol–water partition coefficient (Wildman–Crippen LogP) is 1.89. The van der Waals surface area contributed by atoms with Crippen molar-refractivity contribution in [1.82, 2.24) is 30.7 Å². The van der Waals surface area contributed by atoms with Crippen LogP contribution < -0.4 is 11.2 Å². The minimum absolute atomic E-state index is 0.0507. The van der Waals surface area contributed by atoms with Crippen molar-refractivity contribution in [3.63, 3.8) is 0 Å². The van der Waals surface area contributed by atoms with Gasteiger partial charge in [-0.3, -0.25) is 4.79 Å². The van der Waals surface area contributed by atoms with Gasteiger partial charge < -0.3 is 5.73 Å². The van der Waals surface area contributed by atoms with Crippen LogP contribution in [-0.2, 0) is 6.42 Å². The molecule has 0 saturated heterocycles. The fourth-order valence-electron chi connectivity index (χ4n) is 2.68. The van der Waals surface area contributed by atoms with Crippen molar-refractivity contribution in [2.45, 2.75) is 34.1 Å². The number of hydrogen-bond donors (Lipinski definition) is 2. The smallest absolute Gasteiger partial charge is 0.293 e. The minimum atomic E-state index is -0.491. The number of rotatable bonds is 6. The number of carbonyl (C=O) groups is 1. The van der Waals surface area contributed by atoms with Crippen molar-refractivity contribution >= 4 is 17.4 Å². The molecule has 0 radical (unpaired) electrons. The van der Waals surface area contributed by atoms with Crippen molar-refractivity contribution in [3.05, 3.63) is 46.8 Å². The van der Waals surface area contributed by atoms with Gasteiger partial charge in [0.2, 0.25) is 11.6 Å². The van der Waals surface area contributed by atoms with Crippen molar-refractivity contribution in [2.24, 2.45) is 11.0 Å². The molecule has 0 unspecified atom stereocenters. The highest BCUT2D eigenvalue weighted by atomic mass is 16.6. The molecule has 1 amide bonds. The Kier molecular flexibility index (Phi) is 5.48. The third kappa shape index (κ3) is 4.05. The number of benzene rings is 1. The fraction of sp³-hybridized carbons (Fsp3) is 0.333. The molecular formula is C18H22N8O2. The molecule has 146 valence electrons. The van der Waals surface area contributed by atoms with Gasteiger partial charge in [-0.2, -0.15) is 9.78 Å². The molecule has 10 heteroatoms. The summed E-state index contributed by atoms with van der Waals surface area (Å²) in [6.07, 6.45) is 1.02. The Balaban J connectivity index is 1.71. The van der Waals surface area contributed by atoms with E-state index in [-0.39, 0.29) is 17.3 Å². The van der Waals surface area contributed by atoms with Gasteiger partial charge >= 0.3 is 0 Å². The van der Waals surface area contributed by atoms with E-state index >= 15 is 0 Å². The van der Waals surface area contributed by atoms with Gasteiger partial charge in [0.05, 0.1) is 11.4 Å². The van der Waals surface area contributed by atoms with Crippen molar-refractivity contribution in [3.8, 4) is 5.82 Å². The summed E-state index contributed by atoms with van der Waals surface area (Å²) in [6.45, 7) is 7.85. The first kappa shape index (κ1) is 19.2.